The number of aryl methyl sites for hydroxylation is 1. The molecule has 4 atom stereocenters. The monoisotopic (exact) mass is 709 g/mol. The van der Waals surface area contributed by atoms with Crippen LogP contribution in [-0.4, -0.2) is 98.1 Å². The van der Waals surface area contributed by atoms with Crippen LogP contribution in [0.2, 0.25) is 0 Å². The summed E-state index contributed by atoms with van der Waals surface area (Å²) in [6, 6.07) is 0.839. The van der Waals surface area contributed by atoms with Gasteiger partial charge < -0.3 is 20.3 Å². The zero-order valence-electron chi connectivity index (χ0n) is 28.3. The first-order valence-corrected chi connectivity index (χ1v) is 17.4. The molecular weight excluding hydrogens is 665 g/mol. The van der Waals surface area contributed by atoms with Crippen LogP contribution in [0.15, 0.2) is 18.5 Å². The first-order valence-electron chi connectivity index (χ1n) is 17.4. The molecule has 3 aromatic rings. The van der Waals surface area contributed by atoms with E-state index in [4.69, 9.17) is 19.8 Å². The number of carbonyl (C=O) groups excluding carboxylic acids is 2. The van der Waals surface area contributed by atoms with E-state index in [9.17, 15) is 31.5 Å². The van der Waals surface area contributed by atoms with Crippen molar-refractivity contribution in [2.45, 2.75) is 88.9 Å². The van der Waals surface area contributed by atoms with Crippen molar-refractivity contribution in [3.63, 3.8) is 0 Å². The summed E-state index contributed by atoms with van der Waals surface area (Å²) in [7, 11) is 1.63. The Morgan fingerprint density at radius 2 is 1.98 bits per heavy atom. The quantitative estimate of drug-likeness (QED) is 0.282. The molecule has 274 valence electrons. The minimum absolute atomic E-state index is 0.0440. The Hall–Kier alpha value is -3.73. The van der Waals surface area contributed by atoms with Crippen molar-refractivity contribution in [3.8, 4) is 0 Å². The minimum atomic E-state index is -4.45. The van der Waals surface area contributed by atoms with Crippen LogP contribution >= 0.6 is 0 Å². The van der Waals surface area contributed by atoms with Crippen molar-refractivity contribution in [1.82, 2.24) is 44.9 Å². The van der Waals surface area contributed by atoms with Gasteiger partial charge in [0, 0.05) is 70.6 Å². The maximum absolute atomic E-state index is 14.2. The summed E-state index contributed by atoms with van der Waals surface area (Å²) in [5, 5.41) is 14.4. The van der Waals surface area contributed by atoms with Crippen molar-refractivity contribution in [2.75, 3.05) is 39.9 Å². The van der Waals surface area contributed by atoms with Crippen LogP contribution in [-0.2, 0) is 22.5 Å². The zero-order valence-corrected chi connectivity index (χ0v) is 28.3. The fourth-order valence-corrected chi connectivity index (χ4v) is 7.59. The summed E-state index contributed by atoms with van der Waals surface area (Å²) >= 11 is 0. The number of halogens is 5. The molecule has 17 heteroatoms. The summed E-state index contributed by atoms with van der Waals surface area (Å²) < 4.78 is 77.8. The Bertz CT molecular complexity index is 1650. The van der Waals surface area contributed by atoms with Crippen LogP contribution in [0.4, 0.5) is 22.0 Å². The first-order chi connectivity index (χ1) is 23.8. The summed E-state index contributed by atoms with van der Waals surface area (Å²) in [5.41, 5.74) is 1.69. The highest BCUT2D eigenvalue weighted by atomic mass is 19.4. The van der Waals surface area contributed by atoms with E-state index >= 15 is 0 Å². The molecule has 12 nitrogen and oxygen atoms in total. The van der Waals surface area contributed by atoms with E-state index in [2.05, 4.69) is 20.6 Å². The molecule has 5 heterocycles. The minimum Gasteiger partial charge on any atom is -0.383 e. The predicted molar refractivity (Wildman–Crippen MR) is 170 cm³/mol. The van der Waals surface area contributed by atoms with Gasteiger partial charge in [0.05, 0.1) is 41.8 Å². The van der Waals surface area contributed by atoms with Gasteiger partial charge in [-0.1, -0.05) is 0 Å². The molecule has 2 amide bonds. The van der Waals surface area contributed by atoms with Crippen LogP contribution in [0.3, 0.4) is 0 Å². The third kappa shape index (κ3) is 8.08. The number of likely N-dealkylation sites (tertiary alicyclic amines) is 1. The number of piperidine rings is 2. The van der Waals surface area contributed by atoms with Gasteiger partial charge in [-0.05, 0) is 57.6 Å². The van der Waals surface area contributed by atoms with Crippen molar-refractivity contribution in [2.24, 2.45) is 17.8 Å². The fraction of sp³-hybridized carbons (Fsp3) is 0.697. The topological polar surface area (TPSA) is 132 Å². The lowest BCUT2D eigenvalue weighted by atomic mass is 9.81. The summed E-state index contributed by atoms with van der Waals surface area (Å²) in [5.74, 6) is -6.55. The van der Waals surface area contributed by atoms with Crippen LogP contribution in [0, 0.1) is 17.8 Å². The number of rotatable bonds is 11. The highest BCUT2D eigenvalue weighted by Crippen LogP contribution is 2.42. The maximum Gasteiger partial charge on any atom is 0.393 e. The van der Waals surface area contributed by atoms with Gasteiger partial charge in [0.25, 0.3) is 11.7 Å². The van der Waals surface area contributed by atoms with Crippen LogP contribution < -0.4 is 10.6 Å². The molecule has 2 N–H and O–H groups in total. The molecule has 1 saturated carbocycles. The van der Waals surface area contributed by atoms with E-state index < -0.39 is 48.3 Å². The largest absolute Gasteiger partial charge is 0.393 e. The van der Waals surface area contributed by atoms with Crippen molar-refractivity contribution in [3.05, 3.63) is 41.2 Å². The lowest BCUT2D eigenvalue weighted by molar-refractivity contribution is -0.183. The van der Waals surface area contributed by atoms with E-state index in [0.29, 0.717) is 49.0 Å². The molecule has 0 radical (unpaired) electrons. The third-order valence-electron chi connectivity index (χ3n) is 10.4. The van der Waals surface area contributed by atoms with Crippen LogP contribution in [0.25, 0.3) is 5.78 Å². The van der Waals surface area contributed by atoms with E-state index in [1.54, 1.807) is 19.4 Å². The number of nitrogens with one attached hydrogen (secondary N) is 2. The van der Waals surface area contributed by atoms with Gasteiger partial charge in [-0.2, -0.15) is 23.4 Å². The summed E-state index contributed by atoms with van der Waals surface area (Å²) in [4.78, 5) is 38.3. The Kier molecular flexibility index (Phi) is 10.7. The molecule has 2 saturated heterocycles. The number of hydrogen-bond acceptors (Lipinski definition) is 8. The number of amides is 2. The smallest absolute Gasteiger partial charge is 0.383 e. The molecule has 3 aromatic heterocycles. The molecule has 4 unspecified atom stereocenters. The summed E-state index contributed by atoms with van der Waals surface area (Å²) in [6.45, 7) is 4.56. The van der Waals surface area contributed by atoms with Gasteiger partial charge >= 0.3 is 6.18 Å². The molecule has 0 bridgehead atoms. The van der Waals surface area contributed by atoms with E-state index in [1.807, 2.05) is 6.92 Å². The lowest BCUT2D eigenvalue weighted by Crippen LogP contribution is -2.47. The molecule has 2 aliphatic heterocycles. The van der Waals surface area contributed by atoms with E-state index in [-0.39, 0.29) is 56.1 Å². The van der Waals surface area contributed by atoms with Crippen molar-refractivity contribution >= 4 is 17.6 Å². The van der Waals surface area contributed by atoms with Gasteiger partial charge in [0.1, 0.15) is 5.69 Å². The number of fused-ring (bicyclic) bond motifs is 1. The van der Waals surface area contributed by atoms with E-state index in [1.165, 1.54) is 15.4 Å². The van der Waals surface area contributed by atoms with Crippen LogP contribution in [0.5, 0.6) is 0 Å². The number of aromatic nitrogens is 6. The molecule has 50 heavy (non-hydrogen) atoms. The zero-order chi connectivity index (χ0) is 35.6. The molecule has 0 spiro atoms. The van der Waals surface area contributed by atoms with Crippen LogP contribution in [0.1, 0.15) is 91.4 Å². The number of methoxy groups -OCH3 is 1. The number of ether oxygens (including phenoxy) is 1. The predicted octanol–water partition coefficient (Wildman–Crippen LogP) is 4.32. The molecule has 1 aliphatic carbocycles. The standard InChI is InChI=1S/C33H44F5N9O3/c1-3-46-26(8-11-40-46)30(49)42-27(20-6-9-32(34,35)10-7-20)25-19-47-31(41-25)43-28(21-5-4-12-45(18-21)13-14-50-2)24(44-47)16-22-15-23(33(36,37)38)17-39-29(22)48/h8,11,19-23,27H,3-7,9-10,12-18H2,1-2H3,(H,39,48)(H,42,49). The highest BCUT2D eigenvalue weighted by molar-refractivity contribution is 5.92. The Morgan fingerprint density at radius 3 is 2.70 bits per heavy atom. The number of imidazole rings is 1. The molecule has 0 aromatic carbocycles. The first kappa shape index (κ1) is 36.1. The Labute approximate surface area is 286 Å². The molecule has 6 rings (SSSR count). The molecule has 3 aliphatic rings. The second kappa shape index (κ2) is 14.9. The van der Waals surface area contributed by atoms with Gasteiger partial charge in [-0.15, -0.1) is 0 Å². The second-order valence-corrected chi connectivity index (χ2v) is 13.8. The van der Waals surface area contributed by atoms with Crippen molar-refractivity contribution < 1.29 is 36.3 Å². The van der Waals surface area contributed by atoms with Gasteiger partial charge in [-0.25, -0.2) is 23.3 Å². The number of nitrogens with zero attached hydrogens (tertiary/aromatic N) is 7. The lowest BCUT2D eigenvalue weighted by Gasteiger charge is -2.33. The Balaban J connectivity index is 1.37. The van der Waals surface area contributed by atoms with Crippen molar-refractivity contribution in [1.29, 1.82) is 0 Å². The summed E-state index contributed by atoms with van der Waals surface area (Å²) in [6.07, 6.45) is -0.451. The number of carbonyl (C=O) groups is 2. The average molecular weight is 710 g/mol. The van der Waals surface area contributed by atoms with Gasteiger partial charge in [0.15, 0.2) is 0 Å². The Morgan fingerprint density at radius 1 is 1.20 bits per heavy atom. The number of hydrogen-bond donors (Lipinski definition) is 2. The molecular formula is C33H44F5N9O3. The maximum atomic E-state index is 14.2. The highest BCUT2D eigenvalue weighted by Gasteiger charge is 2.45. The second-order valence-electron chi connectivity index (χ2n) is 13.8. The number of alkyl halides is 5. The van der Waals surface area contributed by atoms with Gasteiger partial charge in [0.2, 0.25) is 11.8 Å². The SMILES string of the molecule is CCn1nccc1C(=O)NC(c1cn2nc(CC3CC(C(F)(F)F)CNC3=O)c(C3CCCN(CCOC)C3)nc2n1)C1CCC(F)(F)CC1. The molecule has 3 fully saturated rings. The fourth-order valence-electron chi connectivity index (χ4n) is 7.59. The van der Waals surface area contributed by atoms with E-state index in [0.717, 1.165) is 19.4 Å². The average Bonchev–Trinajstić information content (AvgIpc) is 3.74. The van der Waals surface area contributed by atoms with Gasteiger partial charge in [-0.3, -0.25) is 14.3 Å². The third-order valence-corrected chi connectivity index (χ3v) is 10.4. The normalized spacial score (nSPS) is 24.3.